The van der Waals surface area contributed by atoms with Gasteiger partial charge >= 0.3 is 0 Å². The number of aliphatic hydroxyl groups excluding tert-OH is 1. The van der Waals surface area contributed by atoms with Gasteiger partial charge in [-0.2, -0.15) is 0 Å². The highest BCUT2D eigenvalue weighted by Gasteiger charge is 2.37. The average Bonchev–Trinajstić information content (AvgIpc) is 3.18. The van der Waals surface area contributed by atoms with Crippen molar-refractivity contribution in [3.63, 3.8) is 0 Å². The van der Waals surface area contributed by atoms with E-state index >= 15 is 0 Å². The van der Waals surface area contributed by atoms with Crippen LogP contribution in [0.1, 0.15) is 56.0 Å². The summed E-state index contributed by atoms with van der Waals surface area (Å²) in [5.41, 5.74) is 3.15. The molecule has 0 radical (unpaired) electrons. The molecule has 1 unspecified atom stereocenters. The van der Waals surface area contributed by atoms with Gasteiger partial charge in [-0.15, -0.1) is 10.2 Å². The Morgan fingerprint density at radius 3 is 2.85 bits per heavy atom. The highest BCUT2D eigenvalue weighted by Crippen LogP contribution is 2.39. The molecule has 1 aromatic heterocycles. The van der Waals surface area contributed by atoms with Gasteiger partial charge < -0.3 is 15.0 Å². The Bertz CT molecular complexity index is 769. The summed E-state index contributed by atoms with van der Waals surface area (Å²) in [6.07, 6.45) is 5.47. The number of hydrogen-bond donors (Lipinski definition) is 2. The van der Waals surface area contributed by atoms with Gasteiger partial charge in [0, 0.05) is 25.6 Å². The highest BCUT2D eigenvalue weighted by molar-refractivity contribution is 5.36. The van der Waals surface area contributed by atoms with Crippen LogP contribution in [0.15, 0.2) is 30.6 Å². The first kappa shape index (κ1) is 17.7. The van der Waals surface area contributed by atoms with E-state index < -0.39 is 0 Å². The minimum Gasteiger partial charge on any atom is -0.393 e. The Balaban J connectivity index is 1.38. The molecule has 1 heterocycles. The van der Waals surface area contributed by atoms with Gasteiger partial charge in [0.05, 0.1) is 6.10 Å². The van der Waals surface area contributed by atoms with Crippen molar-refractivity contribution in [3.05, 3.63) is 47.5 Å². The van der Waals surface area contributed by atoms with Gasteiger partial charge in [0.2, 0.25) is 0 Å². The number of aromatic nitrogens is 3. The quantitative estimate of drug-likeness (QED) is 0.886. The van der Waals surface area contributed by atoms with Crippen LogP contribution >= 0.6 is 0 Å². The molecule has 4 atom stereocenters. The number of aliphatic hydroxyl groups is 1. The Hall–Kier alpha value is -1.72. The molecule has 2 aliphatic rings. The predicted octanol–water partition coefficient (Wildman–Crippen LogP) is 2.55. The third-order valence-corrected chi connectivity index (χ3v) is 6.41. The number of hydrogen-bond acceptors (Lipinski definition) is 4. The second-order valence-corrected chi connectivity index (χ2v) is 8.85. The van der Waals surface area contributed by atoms with Crippen molar-refractivity contribution in [2.24, 2.45) is 13.0 Å². The summed E-state index contributed by atoms with van der Waals surface area (Å²) in [4.78, 5) is 0. The molecule has 2 aromatic rings. The molecule has 0 amide bonds. The smallest absolute Gasteiger partial charge is 0.135 e. The SMILES string of the molecule is Cn1cnnc1[C@H]1C[C@H](CNC2Cc3ccccc3C(C)(C)C2)[C@H](O)C1. The van der Waals surface area contributed by atoms with E-state index in [-0.39, 0.29) is 17.4 Å². The van der Waals surface area contributed by atoms with Gasteiger partial charge in [-0.3, -0.25) is 0 Å². The van der Waals surface area contributed by atoms with Gasteiger partial charge in [0.1, 0.15) is 12.2 Å². The van der Waals surface area contributed by atoms with Gasteiger partial charge in [-0.25, -0.2) is 0 Å². The zero-order valence-electron chi connectivity index (χ0n) is 16.0. The molecule has 5 nitrogen and oxygen atoms in total. The zero-order valence-corrected chi connectivity index (χ0v) is 16.0. The lowest BCUT2D eigenvalue weighted by Gasteiger charge is -2.38. The summed E-state index contributed by atoms with van der Waals surface area (Å²) in [6, 6.07) is 9.30. The first-order valence-electron chi connectivity index (χ1n) is 9.78. The van der Waals surface area contributed by atoms with Crippen molar-refractivity contribution in [1.82, 2.24) is 20.1 Å². The van der Waals surface area contributed by atoms with E-state index in [0.717, 1.165) is 38.1 Å². The molecule has 2 aliphatic carbocycles. The van der Waals surface area contributed by atoms with Crippen LogP contribution in [-0.4, -0.2) is 38.6 Å². The molecule has 1 saturated carbocycles. The summed E-state index contributed by atoms with van der Waals surface area (Å²) in [5, 5.41) is 22.5. The predicted molar refractivity (Wildman–Crippen MR) is 102 cm³/mol. The van der Waals surface area contributed by atoms with Crippen molar-refractivity contribution in [2.75, 3.05) is 6.54 Å². The topological polar surface area (TPSA) is 63.0 Å². The van der Waals surface area contributed by atoms with Gasteiger partial charge in [0.15, 0.2) is 0 Å². The lowest BCUT2D eigenvalue weighted by atomic mass is 9.71. The molecule has 4 rings (SSSR count). The number of aryl methyl sites for hydroxylation is 1. The van der Waals surface area contributed by atoms with Crippen LogP contribution in [0, 0.1) is 5.92 Å². The van der Waals surface area contributed by atoms with E-state index in [2.05, 4.69) is 53.6 Å². The molecular formula is C21H30N4O. The fourth-order valence-electron chi connectivity index (χ4n) is 5.08. The van der Waals surface area contributed by atoms with Crippen LogP contribution in [0.5, 0.6) is 0 Å². The Morgan fingerprint density at radius 2 is 2.08 bits per heavy atom. The molecule has 1 aromatic carbocycles. The maximum absolute atomic E-state index is 10.5. The summed E-state index contributed by atoms with van der Waals surface area (Å²) in [5.74, 6) is 1.60. The van der Waals surface area contributed by atoms with Crippen molar-refractivity contribution < 1.29 is 5.11 Å². The van der Waals surface area contributed by atoms with E-state index in [1.165, 1.54) is 11.1 Å². The van der Waals surface area contributed by atoms with Crippen molar-refractivity contribution in [1.29, 1.82) is 0 Å². The van der Waals surface area contributed by atoms with Crippen LogP contribution < -0.4 is 5.32 Å². The monoisotopic (exact) mass is 354 g/mol. The van der Waals surface area contributed by atoms with E-state index in [0.29, 0.717) is 12.0 Å². The average molecular weight is 354 g/mol. The summed E-state index contributed by atoms with van der Waals surface area (Å²) >= 11 is 0. The minimum atomic E-state index is -0.256. The standard InChI is InChI=1S/C21H30N4O/c1-21(2)11-17(9-14-6-4-5-7-18(14)21)22-12-16-8-15(10-19(16)26)20-24-23-13-25(20)3/h4-7,13,15-17,19,22,26H,8-12H2,1-3H3/t15-,16+,17?,19+/m0/s1. The molecule has 0 aliphatic heterocycles. The van der Waals surface area contributed by atoms with Crippen molar-refractivity contribution >= 4 is 0 Å². The normalized spacial score (nSPS) is 30.3. The molecule has 0 saturated heterocycles. The number of rotatable bonds is 4. The number of benzene rings is 1. The maximum atomic E-state index is 10.5. The lowest BCUT2D eigenvalue weighted by Crippen LogP contribution is -2.44. The maximum Gasteiger partial charge on any atom is 0.135 e. The van der Waals surface area contributed by atoms with Gasteiger partial charge in [0.25, 0.3) is 0 Å². The molecule has 2 N–H and O–H groups in total. The first-order chi connectivity index (χ1) is 12.4. The molecule has 0 spiro atoms. The number of nitrogens with zero attached hydrogens (tertiary/aromatic N) is 3. The fraction of sp³-hybridized carbons (Fsp3) is 0.619. The van der Waals surface area contributed by atoms with E-state index in [4.69, 9.17) is 0 Å². The Morgan fingerprint density at radius 1 is 1.27 bits per heavy atom. The zero-order chi connectivity index (χ0) is 18.3. The van der Waals surface area contributed by atoms with Crippen LogP contribution in [0.25, 0.3) is 0 Å². The summed E-state index contributed by atoms with van der Waals surface area (Å²) in [6.45, 7) is 5.56. The van der Waals surface area contributed by atoms with E-state index in [1.54, 1.807) is 6.33 Å². The largest absolute Gasteiger partial charge is 0.393 e. The summed E-state index contributed by atoms with van der Waals surface area (Å²) < 4.78 is 1.98. The van der Waals surface area contributed by atoms with E-state index in [1.807, 2.05) is 11.6 Å². The van der Waals surface area contributed by atoms with Crippen LogP contribution in [-0.2, 0) is 18.9 Å². The lowest BCUT2D eigenvalue weighted by molar-refractivity contribution is 0.128. The molecule has 1 fully saturated rings. The third kappa shape index (κ3) is 3.30. The van der Waals surface area contributed by atoms with Crippen molar-refractivity contribution in [3.8, 4) is 0 Å². The molecule has 26 heavy (non-hydrogen) atoms. The minimum absolute atomic E-state index is 0.196. The molecule has 0 bridgehead atoms. The highest BCUT2D eigenvalue weighted by atomic mass is 16.3. The Labute approximate surface area is 155 Å². The summed E-state index contributed by atoms with van der Waals surface area (Å²) in [7, 11) is 1.98. The third-order valence-electron chi connectivity index (χ3n) is 6.41. The first-order valence-corrected chi connectivity index (χ1v) is 9.78. The fourth-order valence-corrected chi connectivity index (χ4v) is 5.08. The molecule has 140 valence electrons. The molecule has 5 heteroatoms. The van der Waals surface area contributed by atoms with Crippen LogP contribution in [0.4, 0.5) is 0 Å². The van der Waals surface area contributed by atoms with Crippen LogP contribution in [0.2, 0.25) is 0 Å². The number of nitrogens with one attached hydrogen (secondary N) is 1. The van der Waals surface area contributed by atoms with Gasteiger partial charge in [-0.05, 0) is 48.1 Å². The Kier molecular flexibility index (Phi) is 4.61. The van der Waals surface area contributed by atoms with Gasteiger partial charge in [-0.1, -0.05) is 38.1 Å². The van der Waals surface area contributed by atoms with E-state index in [9.17, 15) is 5.11 Å². The number of fused-ring (bicyclic) bond motifs is 1. The second-order valence-electron chi connectivity index (χ2n) is 8.85. The van der Waals surface area contributed by atoms with Crippen molar-refractivity contribution in [2.45, 2.75) is 63.0 Å². The van der Waals surface area contributed by atoms with Crippen LogP contribution in [0.3, 0.4) is 0 Å². The second kappa shape index (κ2) is 6.78. The molecular weight excluding hydrogens is 324 g/mol.